The van der Waals surface area contributed by atoms with Gasteiger partial charge in [-0.2, -0.15) is 0 Å². The second kappa shape index (κ2) is 7.22. The molecule has 3 aliphatic heterocycles. The number of halogens is 2. The van der Waals surface area contributed by atoms with E-state index in [-0.39, 0.29) is 52.8 Å². The van der Waals surface area contributed by atoms with E-state index in [0.29, 0.717) is 11.1 Å². The molecule has 3 heterocycles. The Bertz CT molecular complexity index is 1380. The van der Waals surface area contributed by atoms with Crippen LogP contribution in [0.2, 0.25) is 0 Å². The molecule has 6 rings (SSSR count). The van der Waals surface area contributed by atoms with Crippen LogP contribution < -0.4 is 10.8 Å². The Morgan fingerprint density at radius 2 is 2.03 bits per heavy atom. The second-order valence-electron chi connectivity index (χ2n) is 9.44. The number of hydroxylamine groups is 3. The fourth-order valence-electron chi connectivity index (χ4n) is 5.75. The van der Waals surface area contributed by atoms with E-state index in [1.54, 1.807) is 0 Å². The van der Waals surface area contributed by atoms with Crippen LogP contribution in [-0.4, -0.2) is 51.6 Å². The van der Waals surface area contributed by atoms with Gasteiger partial charge in [0.25, 0.3) is 6.23 Å². The SMILES string of the molecule is NC(=O)C1=CC2=CC3=C(C2=C(O)C1[O-])[N+]1([O-])C[C@@H]2C=CC=C[N@@+]2(Cc2ccc(F)cc2F)CC1O3. The summed E-state index contributed by atoms with van der Waals surface area (Å²) in [5.74, 6) is -2.67. The third-order valence-electron chi connectivity index (χ3n) is 7.46. The lowest BCUT2D eigenvalue weighted by molar-refractivity contribution is -1.02. The molecule has 8 nitrogen and oxygen atoms in total. The first-order valence-corrected chi connectivity index (χ1v) is 11.1. The van der Waals surface area contributed by atoms with Gasteiger partial charge in [0, 0.05) is 17.2 Å². The van der Waals surface area contributed by atoms with E-state index >= 15 is 0 Å². The lowest BCUT2D eigenvalue weighted by Crippen LogP contribution is -2.70. The van der Waals surface area contributed by atoms with Crippen LogP contribution in [0.4, 0.5) is 8.78 Å². The molecule has 180 valence electrons. The molecule has 5 aliphatic rings. The van der Waals surface area contributed by atoms with E-state index in [0.717, 1.165) is 6.07 Å². The average Bonchev–Trinajstić information content (AvgIpc) is 3.29. The predicted molar refractivity (Wildman–Crippen MR) is 116 cm³/mol. The third kappa shape index (κ3) is 3.01. The number of aliphatic hydroxyl groups excluding tert-OH is 1. The van der Waals surface area contributed by atoms with Crippen LogP contribution in [0, 0.1) is 16.8 Å². The summed E-state index contributed by atoms with van der Waals surface area (Å²) in [6.45, 7) is 0.366. The van der Waals surface area contributed by atoms with Crippen molar-refractivity contribution in [3.8, 4) is 0 Å². The smallest absolute Gasteiger partial charge is 0.288 e. The molecule has 0 bridgehead atoms. The average molecular weight is 481 g/mol. The van der Waals surface area contributed by atoms with Crippen molar-refractivity contribution in [3.05, 3.63) is 111 Å². The first-order chi connectivity index (χ1) is 16.6. The highest BCUT2D eigenvalue weighted by Crippen LogP contribution is 2.52. The van der Waals surface area contributed by atoms with Gasteiger partial charge in [-0.3, -0.25) is 13.9 Å². The monoisotopic (exact) mass is 481 g/mol. The number of benzene rings is 1. The summed E-state index contributed by atoms with van der Waals surface area (Å²) in [5.41, 5.74) is 5.87. The number of rotatable bonds is 3. The second-order valence-corrected chi connectivity index (χ2v) is 9.44. The number of quaternary nitrogens is 2. The van der Waals surface area contributed by atoms with Crippen molar-refractivity contribution in [1.29, 1.82) is 0 Å². The molecule has 0 aromatic heterocycles. The largest absolute Gasteiger partial charge is 0.843 e. The number of nitrogens with zero attached hydrogens (tertiary/aromatic N) is 2. The summed E-state index contributed by atoms with van der Waals surface area (Å²) in [5, 5.41) is 37.7. The van der Waals surface area contributed by atoms with Gasteiger partial charge in [0.15, 0.2) is 24.0 Å². The summed E-state index contributed by atoms with van der Waals surface area (Å²) < 4.78 is 33.3. The van der Waals surface area contributed by atoms with E-state index in [9.17, 15) is 29.0 Å². The highest BCUT2D eigenvalue weighted by atomic mass is 19.1. The maximum absolute atomic E-state index is 14.5. The van der Waals surface area contributed by atoms with Crippen molar-refractivity contribution in [2.24, 2.45) is 5.73 Å². The highest BCUT2D eigenvalue weighted by molar-refractivity contribution is 5.95. The van der Waals surface area contributed by atoms with E-state index in [1.807, 2.05) is 24.4 Å². The van der Waals surface area contributed by atoms with Gasteiger partial charge in [-0.05, 0) is 48.1 Å². The number of ether oxygens (including phenoxy) is 1. The van der Waals surface area contributed by atoms with Gasteiger partial charge >= 0.3 is 0 Å². The number of primary amides is 1. The first-order valence-electron chi connectivity index (χ1n) is 11.1. The summed E-state index contributed by atoms with van der Waals surface area (Å²) in [7, 11) is 0. The molecule has 1 fully saturated rings. The number of nitrogens with two attached hydrogens (primary N) is 1. The van der Waals surface area contributed by atoms with Crippen LogP contribution in [-0.2, 0) is 16.1 Å². The van der Waals surface area contributed by atoms with Crippen LogP contribution in [0.25, 0.3) is 0 Å². The molecule has 3 unspecified atom stereocenters. The summed E-state index contributed by atoms with van der Waals surface area (Å²) in [6.07, 6.45) is 7.41. The molecule has 1 saturated heterocycles. The molecular weight excluding hydrogens is 460 g/mol. The van der Waals surface area contributed by atoms with Crippen molar-refractivity contribution < 1.29 is 37.7 Å². The molecule has 35 heavy (non-hydrogen) atoms. The molecule has 2 aliphatic carbocycles. The highest BCUT2D eigenvalue weighted by Gasteiger charge is 2.60. The minimum Gasteiger partial charge on any atom is -0.843 e. The van der Waals surface area contributed by atoms with Gasteiger partial charge in [-0.1, -0.05) is 6.08 Å². The zero-order valence-corrected chi connectivity index (χ0v) is 18.4. The number of carbonyl (C=O) groups excluding carboxylic acids is 1. The van der Waals surface area contributed by atoms with Gasteiger partial charge in [-0.25, -0.2) is 8.78 Å². The van der Waals surface area contributed by atoms with Crippen LogP contribution in [0.15, 0.2) is 88.7 Å². The Morgan fingerprint density at radius 3 is 2.77 bits per heavy atom. The van der Waals surface area contributed by atoms with Gasteiger partial charge in [0.05, 0.1) is 17.5 Å². The Kier molecular flexibility index (Phi) is 4.52. The number of amides is 1. The Balaban J connectivity index is 1.38. The van der Waals surface area contributed by atoms with Crippen molar-refractivity contribution in [2.75, 3.05) is 13.1 Å². The molecule has 0 radical (unpaired) electrons. The Labute approximate surface area is 198 Å². The Morgan fingerprint density at radius 1 is 1.23 bits per heavy atom. The van der Waals surface area contributed by atoms with Crippen molar-refractivity contribution in [2.45, 2.75) is 24.9 Å². The lowest BCUT2D eigenvalue weighted by atomic mass is 9.90. The number of aliphatic hydroxyl groups is 1. The van der Waals surface area contributed by atoms with Gasteiger partial charge < -0.3 is 25.9 Å². The van der Waals surface area contributed by atoms with Crippen molar-refractivity contribution >= 4 is 5.91 Å². The van der Waals surface area contributed by atoms with Crippen LogP contribution in [0.5, 0.6) is 0 Å². The number of piperazine rings is 1. The quantitative estimate of drug-likeness (QED) is 0.502. The molecule has 10 heteroatoms. The minimum atomic E-state index is -1.89. The molecule has 1 aromatic rings. The number of hydrogen-bond acceptors (Lipinski definition) is 5. The van der Waals surface area contributed by atoms with Crippen LogP contribution >= 0.6 is 0 Å². The predicted octanol–water partition coefficient (Wildman–Crippen LogP) is 1.54. The lowest BCUT2D eigenvalue weighted by Gasteiger charge is -2.55. The molecule has 1 aromatic carbocycles. The van der Waals surface area contributed by atoms with E-state index in [4.69, 9.17) is 10.5 Å². The molecule has 3 N–H and O–H groups in total. The van der Waals surface area contributed by atoms with E-state index in [1.165, 1.54) is 24.3 Å². The zero-order chi connectivity index (χ0) is 24.7. The fraction of sp³-hybridized carbons (Fsp3) is 0.240. The Hall–Kier alpha value is -3.57. The third-order valence-corrected chi connectivity index (χ3v) is 7.46. The number of allylic oxidation sites excluding steroid dienone is 5. The number of carbonyl (C=O) groups is 1. The van der Waals surface area contributed by atoms with E-state index < -0.39 is 40.3 Å². The maximum atomic E-state index is 14.5. The first kappa shape index (κ1) is 21.9. The van der Waals surface area contributed by atoms with Crippen LogP contribution in [0.3, 0.4) is 0 Å². The van der Waals surface area contributed by atoms with Gasteiger partial charge in [-0.15, -0.1) is 0 Å². The summed E-state index contributed by atoms with van der Waals surface area (Å²) >= 11 is 0. The summed E-state index contributed by atoms with van der Waals surface area (Å²) in [4.78, 5) is 11.6. The number of fused-ring (bicyclic) bond motifs is 5. The maximum Gasteiger partial charge on any atom is 0.288 e. The molecular formula is C25H21F2N3O5. The van der Waals surface area contributed by atoms with Crippen molar-refractivity contribution in [1.82, 2.24) is 0 Å². The van der Waals surface area contributed by atoms with Crippen LogP contribution in [0.1, 0.15) is 5.56 Å². The minimum absolute atomic E-state index is 0.000961. The normalized spacial score (nSPS) is 34.6. The fourth-order valence-corrected chi connectivity index (χ4v) is 5.75. The van der Waals surface area contributed by atoms with Crippen molar-refractivity contribution in [3.63, 3.8) is 0 Å². The van der Waals surface area contributed by atoms with Gasteiger partial charge in [0.1, 0.15) is 24.7 Å². The molecule has 0 spiro atoms. The molecule has 1 amide bonds. The van der Waals surface area contributed by atoms with E-state index in [2.05, 4.69) is 0 Å². The summed E-state index contributed by atoms with van der Waals surface area (Å²) in [6, 6.07) is 3.07. The number of hydrogen-bond donors (Lipinski definition) is 2. The molecule has 0 saturated carbocycles. The zero-order valence-electron chi connectivity index (χ0n) is 18.4. The van der Waals surface area contributed by atoms with Gasteiger partial charge in [0.2, 0.25) is 5.91 Å². The standard InChI is InChI=1S/C25H21F2N3O5/c26-15-5-4-13(18(27)9-15)10-29-6-2-1-3-16(29)11-30(34)20(12-29)35-19-8-14-7-17(25(28)33)23(31)24(32)21(14)22(19)30/h1-9,16,20,23,32H,10-12H2,(H2,28,33)/t16-,20?,23?,29+,30?/m0/s1. The topological polar surface area (TPSA) is 119 Å². The molecule has 5 atom stereocenters.